The third-order valence-corrected chi connectivity index (χ3v) is 3.92. The molecule has 0 spiro atoms. The van der Waals surface area contributed by atoms with Gasteiger partial charge >= 0.3 is 5.97 Å². The van der Waals surface area contributed by atoms with E-state index in [4.69, 9.17) is 0 Å². The number of carboxylic acids is 1. The van der Waals surface area contributed by atoms with Crippen molar-refractivity contribution < 1.29 is 14.7 Å². The minimum atomic E-state index is -0.814. The topological polar surface area (TPSA) is 66.4 Å². The highest BCUT2D eigenvalue weighted by atomic mass is 16.4. The maximum absolute atomic E-state index is 11.9. The van der Waals surface area contributed by atoms with Crippen LogP contribution >= 0.6 is 0 Å². The first kappa shape index (κ1) is 11.2. The van der Waals surface area contributed by atoms with Crippen LogP contribution in [-0.4, -0.2) is 23.5 Å². The van der Waals surface area contributed by atoms with E-state index in [0.29, 0.717) is 6.54 Å². The van der Waals surface area contributed by atoms with Crippen LogP contribution in [0.5, 0.6) is 0 Å². The first-order valence-corrected chi connectivity index (χ1v) is 5.76. The summed E-state index contributed by atoms with van der Waals surface area (Å²) in [5.74, 6) is -1.23. The van der Waals surface area contributed by atoms with Gasteiger partial charge in [-0.2, -0.15) is 0 Å². The number of nitrogens with one attached hydrogen (secondary N) is 1. The van der Waals surface area contributed by atoms with Gasteiger partial charge in [0.2, 0.25) is 5.91 Å². The second kappa shape index (κ2) is 4.28. The van der Waals surface area contributed by atoms with Crippen molar-refractivity contribution in [2.45, 2.75) is 19.3 Å². The van der Waals surface area contributed by atoms with E-state index in [1.165, 1.54) is 0 Å². The van der Waals surface area contributed by atoms with Gasteiger partial charge in [0, 0.05) is 6.54 Å². The Morgan fingerprint density at radius 2 is 1.94 bits per heavy atom. The van der Waals surface area contributed by atoms with Crippen molar-refractivity contribution in [3.05, 3.63) is 12.7 Å². The van der Waals surface area contributed by atoms with Crippen molar-refractivity contribution in [2.75, 3.05) is 6.54 Å². The first-order chi connectivity index (χ1) is 7.65. The van der Waals surface area contributed by atoms with Gasteiger partial charge in [0.25, 0.3) is 0 Å². The molecule has 2 aliphatic carbocycles. The van der Waals surface area contributed by atoms with Crippen molar-refractivity contribution >= 4 is 11.9 Å². The number of hydrogen-bond acceptors (Lipinski definition) is 2. The second-order valence-corrected chi connectivity index (χ2v) is 4.76. The number of carboxylic acid groups (broad SMARTS) is 1. The van der Waals surface area contributed by atoms with Crippen LogP contribution in [0.15, 0.2) is 12.7 Å². The summed E-state index contributed by atoms with van der Waals surface area (Å²) in [4.78, 5) is 23.1. The van der Waals surface area contributed by atoms with E-state index in [9.17, 15) is 14.7 Å². The van der Waals surface area contributed by atoms with Gasteiger partial charge in [-0.1, -0.05) is 6.08 Å². The van der Waals surface area contributed by atoms with Crippen LogP contribution in [0, 0.1) is 23.7 Å². The Kier molecular flexibility index (Phi) is 2.99. The second-order valence-electron chi connectivity index (χ2n) is 4.76. The van der Waals surface area contributed by atoms with Crippen LogP contribution in [0.25, 0.3) is 0 Å². The fraction of sp³-hybridized carbons (Fsp3) is 0.667. The quantitative estimate of drug-likeness (QED) is 0.700. The first-order valence-electron chi connectivity index (χ1n) is 5.76. The lowest BCUT2D eigenvalue weighted by molar-refractivity contribution is -0.149. The molecular weight excluding hydrogens is 206 g/mol. The zero-order valence-electron chi connectivity index (χ0n) is 9.19. The van der Waals surface area contributed by atoms with Crippen LogP contribution < -0.4 is 5.32 Å². The molecule has 2 bridgehead atoms. The highest BCUT2D eigenvalue weighted by molar-refractivity contribution is 5.86. The summed E-state index contributed by atoms with van der Waals surface area (Å²) in [6.07, 6.45) is 4.48. The number of amides is 1. The molecule has 0 aliphatic heterocycles. The van der Waals surface area contributed by atoms with E-state index in [2.05, 4.69) is 11.9 Å². The number of carbonyl (C=O) groups is 2. The van der Waals surface area contributed by atoms with E-state index in [1.54, 1.807) is 6.08 Å². The molecule has 2 aliphatic rings. The molecule has 4 heteroatoms. The molecule has 2 rings (SSSR count). The van der Waals surface area contributed by atoms with E-state index >= 15 is 0 Å². The molecule has 2 fully saturated rings. The van der Waals surface area contributed by atoms with Gasteiger partial charge < -0.3 is 10.4 Å². The number of rotatable bonds is 4. The van der Waals surface area contributed by atoms with Crippen LogP contribution in [0.2, 0.25) is 0 Å². The molecule has 0 aromatic rings. The Morgan fingerprint density at radius 1 is 1.31 bits per heavy atom. The number of fused-ring (bicyclic) bond motifs is 2. The zero-order chi connectivity index (χ0) is 11.7. The van der Waals surface area contributed by atoms with Crippen molar-refractivity contribution in [3.8, 4) is 0 Å². The zero-order valence-corrected chi connectivity index (χ0v) is 9.19. The monoisotopic (exact) mass is 223 g/mol. The molecule has 4 nitrogen and oxygen atoms in total. The Labute approximate surface area is 94.7 Å². The highest BCUT2D eigenvalue weighted by Gasteiger charge is 2.53. The fourth-order valence-corrected chi connectivity index (χ4v) is 3.31. The van der Waals surface area contributed by atoms with Gasteiger partial charge in [0.1, 0.15) is 0 Å². The fourth-order valence-electron chi connectivity index (χ4n) is 3.31. The lowest BCUT2D eigenvalue weighted by atomic mass is 9.79. The Balaban J connectivity index is 2.09. The Morgan fingerprint density at radius 3 is 2.50 bits per heavy atom. The van der Waals surface area contributed by atoms with Gasteiger partial charge in [-0.05, 0) is 31.1 Å². The predicted octanol–water partition coefficient (Wildman–Crippen LogP) is 1.04. The molecule has 88 valence electrons. The van der Waals surface area contributed by atoms with E-state index < -0.39 is 11.9 Å². The predicted molar refractivity (Wildman–Crippen MR) is 58.7 cm³/mol. The third kappa shape index (κ3) is 1.72. The maximum atomic E-state index is 11.9. The van der Waals surface area contributed by atoms with Gasteiger partial charge in [-0.25, -0.2) is 0 Å². The molecule has 2 saturated carbocycles. The molecule has 0 saturated heterocycles. The molecule has 2 N–H and O–H groups in total. The van der Waals surface area contributed by atoms with Crippen LogP contribution in [0.4, 0.5) is 0 Å². The van der Waals surface area contributed by atoms with Crippen LogP contribution in [-0.2, 0) is 9.59 Å². The largest absolute Gasteiger partial charge is 0.481 e. The van der Waals surface area contributed by atoms with E-state index in [-0.39, 0.29) is 23.7 Å². The van der Waals surface area contributed by atoms with Gasteiger partial charge in [0.15, 0.2) is 0 Å². The summed E-state index contributed by atoms with van der Waals surface area (Å²) in [7, 11) is 0. The summed E-state index contributed by atoms with van der Waals surface area (Å²) < 4.78 is 0. The Hall–Kier alpha value is -1.32. The number of aliphatic carboxylic acids is 1. The lowest BCUT2D eigenvalue weighted by Crippen LogP contribution is -2.41. The smallest absolute Gasteiger partial charge is 0.307 e. The summed E-state index contributed by atoms with van der Waals surface area (Å²) in [6, 6.07) is 0. The molecular formula is C12H17NO3. The van der Waals surface area contributed by atoms with Crippen molar-refractivity contribution in [2.24, 2.45) is 23.7 Å². The molecule has 0 heterocycles. The normalized spacial score (nSPS) is 36.0. The minimum Gasteiger partial charge on any atom is -0.481 e. The molecule has 0 aromatic carbocycles. The Bertz CT molecular complexity index is 326. The maximum Gasteiger partial charge on any atom is 0.307 e. The SMILES string of the molecule is C=CCNC(=O)[C@@H]1[C@H]2CC[C@@H](C2)[C@H]1C(=O)O. The highest BCUT2D eigenvalue weighted by Crippen LogP contribution is 2.52. The molecule has 0 unspecified atom stereocenters. The molecule has 0 aromatic heterocycles. The summed E-state index contributed by atoms with van der Waals surface area (Å²) in [5, 5.41) is 11.9. The van der Waals surface area contributed by atoms with Crippen molar-refractivity contribution in [3.63, 3.8) is 0 Å². The lowest BCUT2D eigenvalue weighted by Gasteiger charge is -2.26. The summed E-state index contributed by atoms with van der Waals surface area (Å²) in [6.45, 7) is 3.95. The van der Waals surface area contributed by atoms with Crippen molar-refractivity contribution in [1.29, 1.82) is 0 Å². The van der Waals surface area contributed by atoms with Crippen LogP contribution in [0.3, 0.4) is 0 Å². The van der Waals surface area contributed by atoms with E-state index in [0.717, 1.165) is 19.3 Å². The molecule has 0 radical (unpaired) electrons. The number of hydrogen-bond donors (Lipinski definition) is 2. The third-order valence-electron chi connectivity index (χ3n) is 3.92. The number of carbonyl (C=O) groups excluding carboxylic acids is 1. The van der Waals surface area contributed by atoms with Gasteiger partial charge in [0.05, 0.1) is 11.8 Å². The minimum absolute atomic E-state index is 0.112. The summed E-state index contributed by atoms with van der Waals surface area (Å²) >= 11 is 0. The average Bonchev–Trinajstić information content (AvgIpc) is 2.84. The van der Waals surface area contributed by atoms with E-state index in [1.807, 2.05) is 0 Å². The van der Waals surface area contributed by atoms with Crippen molar-refractivity contribution in [1.82, 2.24) is 5.32 Å². The summed E-state index contributed by atoms with van der Waals surface area (Å²) in [5.41, 5.74) is 0. The van der Waals surface area contributed by atoms with Crippen LogP contribution in [0.1, 0.15) is 19.3 Å². The molecule has 4 atom stereocenters. The van der Waals surface area contributed by atoms with Gasteiger partial charge in [-0.3, -0.25) is 9.59 Å². The molecule has 16 heavy (non-hydrogen) atoms. The van der Waals surface area contributed by atoms with Gasteiger partial charge in [-0.15, -0.1) is 6.58 Å². The average molecular weight is 223 g/mol. The standard InChI is InChI=1S/C12H17NO3/c1-2-5-13-11(14)9-7-3-4-8(6-7)10(9)12(15)16/h2,7-10H,1,3-6H2,(H,13,14)(H,15,16)/t7-,8-,9+,10+/m0/s1. The molecule has 1 amide bonds.